The summed E-state index contributed by atoms with van der Waals surface area (Å²) in [5, 5.41) is 5.01. The van der Waals surface area contributed by atoms with Gasteiger partial charge in [-0.15, -0.1) is 59.7 Å². The van der Waals surface area contributed by atoms with Crippen molar-refractivity contribution in [1.82, 2.24) is 9.97 Å². The fourth-order valence-corrected chi connectivity index (χ4v) is 3.85. The second kappa shape index (κ2) is 11.0. The molecule has 0 aliphatic carbocycles. The molecule has 0 fully saturated rings. The van der Waals surface area contributed by atoms with Gasteiger partial charge < -0.3 is 9.97 Å². The first kappa shape index (κ1) is 23.5. The molecule has 0 unspecified atom stereocenters. The average Bonchev–Trinajstić information content (AvgIpc) is 2.90. The van der Waals surface area contributed by atoms with E-state index in [4.69, 9.17) is 0 Å². The molecule has 0 saturated carbocycles. The monoisotopic (exact) mass is 615 g/mol. The van der Waals surface area contributed by atoms with Gasteiger partial charge in [0.05, 0.1) is 0 Å². The van der Waals surface area contributed by atoms with Crippen molar-refractivity contribution in [3.8, 4) is 22.5 Å². The first-order valence-electron chi connectivity index (χ1n) is 10.9. The van der Waals surface area contributed by atoms with Crippen molar-refractivity contribution in [3.05, 3.63) is 133 Å². The van der Waals surface area contributed by atoms with E-state index in [1.54, 1.807) is 6.20 Å². The molecule has 4 aromatic carbocycles. The molecule has 0 spiro atoms. The fraction of sp³-hybridized carbons (Fsp3) is 0.0323. The predicted octanol–water partition coefficient (Wildman–Crippen LogP) is 7.71. The fourth-order valence-electron chi connectivity index (χ4n) is 3.85. The van der Waals surface area contributed by atoms with Crippen molar-refractivity contribution in [1.29, 1.82) is 0 Å². The van der Waals surface area contributed by atoms with Gasteiger partial charge in [0.15, 0.2) is 0 Å². The molecule has 2 aromatic heterocycles. The smallest absolute Gasteiger partial charge is 0.0163 e. The van der Waals surface area contributed by atoms with Crippen molar-refractivity contribution in [3.63, 3.8) is 0 Å². The minimum absolute atomic E-state index is 0. The maximum Gasteiger partial charge on any atom is 0.0163 e. The van der Waals surface area contributed by atoms with Gasteiger partial charge in [-0.25, -0.2) is 0 Å². The molecular weight excluding hydrogens is 593 g/mol. The van der Waals surface area contributed by atoms with Crippen molar-refractivity contribution in [2.75, 3.05) is 0 Å². The Morgan fingerprint density at radius 2 is 1.38 bits per heavy atom. The van der Waals surface area contributed by atoms with Crippen LogP contribution in [0.5, 0.6) is 0 Å². The molecule has 0 aliphatic heterocycles. The largest absolute Gasteiger partial charge is 0.305 e. The number of benzene rings is 4. The Kier molecular flexibility index (Phi) is 7.59. The van der Waals surface area contributed by atoms with Crippen molar-refractivity contribution in [2.24, 2.45) is 0 Å². The van der Waals surface area contributed by atoms with E-state index in [0.29, 0.717) is 0 Å². The van der Waals surface area contributed by atoms with Crippen LogP contribution in [-0.4, -0.2) is 9.97 Å². The van der Waals surface area contributed by atoms with E-state index < -0.39 is 0 Å². The van der Waals surface area contributed by atoms with Gasteiger partial charge in [-0.1, -0.05) is 70.9 Å². The van der Waals surface area contributed by atoms with Crippen molar-refractivity contribution >= 4 is 21.5 Å². The van der Waals surface area contributed by atoms with Crippen LogP contribution in [0.25, 0.3) is 44.1 Å². The standard InChI is InChI=1S/C20H14N.C11H8N.Ir/c1-14-10-11-21-20(12-14)17-9-8-16-7-6-15-4-2-3-5-18(15)19(16)13-17;1-2-6-10(7-3-1)11-8-4-5-9-12-11;/h2-8,10-13H,1H3;1-6,8-9H;/q2*-1;. The molecule has 0 atom stereocenters. The number of nitrogens with zero attached hydrogens (tertiary/aromatic N) is 2. The Morgan fingerprint density at radius 3 is 2.18 bits per heavy atom. The van der Waals surface area contributed by atoms with Crippen LogP contribution >= 0.6 is 0 Å². The second-order valence-corrected chi connectivity index (χ2v) is 7.85. The third kappa shape index (κ3) is 5.28. The summed E-state index contributed by atoms with van der Waals surface area (Å²) in [4.78, 5) is 8.68. The molecule has 0 N–H and O–H groups in total. The van der Waals surface area contributed by atoms with E-state index in [0.717, 1.165) is 22.5 Å². The van der Waals surface area contributed by atoms with Crippen LogP contribution < -0.4 is 0 Å². The second-order valence-electron chi connectivity index (χ2n) is 7.85. The normalized spacial score (nSPS) is 10.3. The van der Waals surface area contributed by atoms with Crippen LogP contribution in [0.2, 0.25) is 0 Å². The predicted molar refractivity (Wildman–Crippen MR) is 137 cm³/mol. The topological polar surface area (TPSA) is 25.8 Å². The average molecular weight is 615 g/mol. The summed E-state index contributed by atoms with van der Waals surface area (Å²) in [6, 6.07) is 41.3. The van der Waals surface area contributed by atoms with Crippen molar-refractivity contribution < 1.29 is 20.1 Å². The van der Waals surface area contributed by atoms with Gasteiger partial charge in [0, 0.05) is 32.5 Å². The Balaban J connectivity index is 0.000000180. The molecule has 0 aliphatic rings. The summed E-state index contributed by atoms with van der Waals surface area (Å²) in [7, 11) is 0. The Bertz CT molecular complexity index is 1480. The van der Waals surface area contributed by atoms with Crippen LogP contribution in [0.4, 0.5) is 0 Å². The van der Waals surface area contributed by atoms with Gasteiger partial charge in [0.1, 0.15) is 0 Å². The van der Waals surface area contributed by atoms with Gasteiger partial charge in [-0.2, -0.15) is 0 Å². The quantitative estimate of drug-likeness (QED) is 0.148. The molecule has 0 amide bonds. The minimum atomic E-state index is 0. The summed E-state index contributed by atoms with van der Waals surface area (Å²) in [5.41, 5.74) is 5.25. The maximum atomic E-state index is 4.47. The maximum absolute atomic E-state index is 4.47. The number of hydrogen-bond acceptors (Lipinski definition) is 2. The molecule has 6 aromatic rings. The number of pyridine rings is 2. The summed E-state index contributed by atoms with van der Waals surface area (Å²) < 4.78 is 0. The van der Waals surface area contributed by atoms with E-state index >= 15 is 0 Å². The first-order valence-corrected chi connectivity index (χ1v) is 10.9. The van der Waals surface area contributed by atoms with Gasteiger partial charge in [0.2, 0.25) is 0 Å². The molecule has 0 bridgehead atoms. The Hall–Kier alpha value is -3.65. The van der Waals surface area contributed by atoms with E-state index in [2.05, 4.69) is 83.6 Å². The molecule has 3 heteroatoms. The number of hydrogen-bond donors (Lipinski definition) is 0. The van der Waals surface area contributed by atoms with Crippen LogP contribution in [0.1, 0.15) is 5.56 Å². The van der Waals surface area contributed by atoms with E-state index in [1.165, 1.54) is 27.1 Å². The summed E-state index contributed by atoms with van der Waals surface area (Å²) in [6.45, 7) is 2.08. The van der Waals surface area contributed by atoms with Crippen LogP contribution in [0.3, 0.4) is 0 Å². The van der Waals surface area contributed by atoms with Crippen LogP contribution in [-0.2, 0) is 20.1 Å². The number of fused-ring (bicyclic) bond motifs is 3. The number of rotatable bonds is 2. The molecule has 2 nitrogen and oxygen atoms in total. The number of aromatic nitrogens is 2. The molecule has 167 valence electrons. The minimum Gasteiger partial charge on any atom is -0.305 e. The third-order valence-electron chi connectivity index (χ3n) is 5.52. The molecule has 6 rings (SSSR count). The third-order valence-corrected chi connectivity index (χ3v) is 5.52. The summed E-state index contributed by atoms with van der Waals surface area (Å²) in [6.07, 6.45) is 3.64. The number of aryl methyl sites for hydroxylation is 1. The molecule has 2 heterocycles. The molecule has 34 heavy (non-hydrogen) atoms. The van der Waals surface area contributed by atoms with Crippen LogP contribution in [0, 0.1) is 19.1 Å². The Morgan fingerprint density at radius 1 is 0.588 bits per heavy atom. The van der Waals surface area contributed by atoms with Gasteiger partial charge >= 0.3 is 0 Å². The van der Waals surface area contributed by atoms with E-state index in [9.17, 15) is 0 Å². The summed E-state index contributed by atoms with van der Waals surface area (Å²) in [5.74, 6) is 0. The van der Waals surface area contributed by atoms with Gasteiger partial charge in [-0.05, 0) is 41.2 Å². The molecular formula is C31H22IrN2-2. The van der Waals surface area contributed by atoms with Crippen LogP contribution in [0.15, 0.2) is 116 Å². The van der Waals surface area contributed by atoms with Gasteiger partial charge in [-0.3, -0.25) is 0 Å². The first-order chi connectivity index (χ1) is 16.3. The van der Waals surface area contributed by atoms with E-state index in [1.807, 2.05) is 54.7 Å². The molecule has 0 saturated heterocycles. The van der Waals surface area contributed by atoms with E-state index in [-0.39, 0.29) is 20.1 Å². The summed E-state index contributed by atoms with van der Waals surface area (Å²) >= 11 is 0. The Labute approximate surface area is 213 Å². The molecule has 1 radical (unpaired) electrons. The van der Waals surface area contributed by atoms with Gasteiger partial charge in [0.25, 0.3) is 0 Å². The zero-order valence-corrected chi connectivity index (χ0v) is 21.1. The zero-order valence-electron chi connectivity index (χ0n) is 18.7. The SMILES string of the molecule is Cc1ccnc(-c2[c-]cc3ccc4ccccc4c3c2)c1.[Ir].[c-]1ccccc1-c1ccccn1. The van der Waals surface area contributed by atoms with Crippen molar-refractivity contribution in [2.45, 2.75) is 6.92 Å². The zero-order chi connectivity index (χ0) is 22.5.